The number of aromatic amines is 1. The number of rotatable bonds is 4. The van der Waals surface area contributed by atoms with E-state index in [1.54, 1.807) is 18.5 Å². The average Bonchev–Trinajstić information content (AvgIpc) is 2.59. The Balaban J connectivity index is 2.01. The van der Waals surface area contributed by atoms with Crippen molar-refractivity contribution in [1.82, 2.24) is 9.97 Å². The van der Waals surface area contributed by atoms with Gasteiger partial charge in [-0.2, -0.15) is 0 Å². The second-order valence-electron chi connectivity index (χ2n) is 5.24. The Hall–Kier alpha value is -2.99. The highest BCUT2D eigenvalue weighted by molar-refractivity contribution is 5.79. The number of H-pyrrole nitrogens is 1. The van der Waals surface area contributed by atoms with Crippen molar-refractivity contribution in [2.24, 2.45) is 10.8 Å². The van der Waals surface area contributed by atoms with Crippen LogP contribution in [0.5, 0.6) is 0 Å². The maximum atomic E-state index is 11.8. The molecule has 2 aromatic heterocycles. The van der Waals surface area contributed by atoms with Crippen molar-refractivity contribution < 1.29 is 0 Å². The molecule has 6 heteroatoms. The molecule has 0 saturated carbocycles. The monoisotopic (exact) mass is 307 g/mol. The summed E-state index contributed by atoms with van der Waals surface area (Å²) >= 11 is 0. The lowest BCUT2D eigenvalue weighted by Gasteiger charge is -2.27. The molecule has 1 atom stereocenters. The van der Waals surface area contributed by atoms with Gasteiger partial charge in [-0.25, -0.2) is 5.84 Å². The van der Waals surface area contributed by atoms with Gasteiger partial charge >= 0.3 is 0 Å². The summed E-state index contributed by atoms with van der Waals surface area (Å²) in [5, 5.41) is 2.56. The van der Waals surface area contributed by atoms with Crippen molar-refractivity contribution in [3.05, 3.63) is 64.7 Å². The predicted octanol–water partition coefficient (Wildman–Crippen LogP) is 2.70. The van der Waals surface area contributed by atoms with Crippen molar-refractivity contribution in [3.63, 3.8) is 0 Å². The van der Waals surface area contributed by atoms with Crippen LogP contribution in [0.25, 0.3) is 10.9 Å². The minimum absolute atomic E-state index is 0.151. The molecule has 0 amide bonds. The number of aliphatic imine (C=N–C) groups is 1. The molecule has 0 saturated heterocycles. The number of hydrazine groups is 1. The zero-order valence-corrected chi connectivity index (χ0v) is 12.7. The highest BCUT2D eigenvalue weighted by atomic mass is 16.1. The van der Waals surface area contributed by atoms with Crippen LogP contribution in [0.1, 0.15) is 18.5 Å². The molecule has 3 N–H and O–H groups in total. The van der Waals surface area contributed by atoms with Crippen LogP contribution >= 0.6 is 0 Å². The number of fused-ring (bicyclic) bond motifs is 1. The smallest absolute Gasteiger partial charge is 0.275 e. The van der Waals surface area contributed by atoms with Crippen LogP contribution in [-0.2, 0) is 0 Å². The Labute approximate surface area is 133 Å². The molecule has 0 aliphatic rings. The zero-order valence-electron chi connectivity index (χ0n) is 12.7. The predicted molar refractivity (Wildman–Crippen MR) is 93.1 cm³/mol. The van der Waals surface area contributed by atoms with Crippen LogP contribution in [0.2, 0.25) is 0 Å². The molecule has 2 heterocycles. The summed E-state index contributed by atoms with van der Waals surface area (Å²) in [4.78, 5) is 22.5. The minimum atomic E-state index is -0.317. The van der Waals surface area contributed by atoms with Crippen LogP contribution in [0.15, 0.2) is 58.6 Å². The van der Waals surface area contributed by atoms with Crippen LogP contribution in [0.3, 0.4) is 0 Å². The Morgan fingerprint density at radius 2 is 2.17 bits per heavy atom. The fourth-order valence-corrected chi connectivity index (χ4v) is 2.54. The van der Waals surface area contributed by atoms with Gasteiger partial charge < -0.3 is 9.99 Å². The molecule has 0 bridgehead atoms. The number of pyridine rings is 2. The largest absolute Gasteiger partial charge is 0.327 e. The number of nitrogens with one attached hydrogen (secondary N) is 1. The van der Waals surface area contributed by atoms with Crippen molar-refractivity contribution in [2.75, 3.05) is 5.01 Å². The molecule has 3 rings (SSSR count). The van der Waals surface area contributed by atoms with Gasteiger partial charge in [0.25, 0.3) is 5.56 Å². The lowest BCUT2D eigenvalue weighted by atomic mass is 10.0. The van der Waals surface area contributed by atoms with Crippen LogP contribution in [0.4, 0.5) is 11.4 Å². The van der Waals surface area contributed by atoms with E-state index in [0.29, 0.717) is 5.69 Å². The van der Waals surface area contributed by atoms with Crippen molar-refractivity contribution in [2.45, 2.75) is 13.0 Å². The molecular weight excluding hydrogens is 290 g/mol. The summed E-state index contributed by atoms with van der Waals surface area (Å²) in [5.74, 6) is 6.24. The zero-order chi connectivity index (χ0) is 16.4. The first-order chi connectivity index (χ1) is 11.1. The fourth-order valence-electron chi connectivity index (χ4n) is 2.54. The van der Waals surface area contributed by atoms with E-state index >= 15 is 0 Å². The summed E-state index contributed by atoms with van der Waals surface area (Å²) in [7, 11) is 0. The normalized spacial score (nSPS) is 12.1. The molecular formula is C17H17N5O. The molecule has 0 fully saturated rings. The standard InChI is InChI=1S/C17H17N5O/c1-11(12-5-6-14-13(10-12)4-3-8-20-14)22(18)15-7-9-21-17(23)16(15)19-2/h3-11H,2,18H2,1H3,(H,21,23)/t11-/m1/s1. The topological polar surface area (TPSA) is 87.4 Å². The molecule has 6 nitrogen and oxygen atoms in total. The van der Waals surface area contributed by atoms with E-state index < -0.39 is 0 Å². The van der Waals surface area contributed by atoms with Crippen LogP contribution in [0, 0.1) is 0 Å². The third kappa shape index (κ3) is 2.72. The van der Waals surface area contributed by atoms with E-state index in [0.717, 1.165) is 16.5 Å². The van der Waals surface area contributed by atoms with E-state index in [-0.39, 0.29) is 17.3 Å². The Bertz CT molecular complexity index is 918. The Morgan fingerprint density at radius 1 is 1.35 bits per heavy atom. The highest BCUT2D eigenvalue weighted by Crippen LogP contribution is 2.29. The molecule has 0 radical (unpaired) electrons. The van der Waals surface area contributed by atoms with E-state index in [1.165, 1.54) is 5.01 Å². The van der Waals surface area contributed by atoms with Gasteiger partial charge in [0.05, 0.1) is 17.2 Å². The molecule has 0 unspecified atom stereocenters. The van der Waals surface area contributed by atoms with Gasteiger partial charge in [-0.3, -0.25) is 14.8 Å². The minimum Gasteiger partial charge on any atom is -0.327 e. The first-order valence-electron chi connectivity index (χ1n) is 7.19. The third-order valence-electron chi connectivity index (χ3n) is 3.88. The number of hydrogen-bond acceptors (Lipinski definition) is 5. The number of anilines is 1. The number of benzene rings is 1. The molecule has 23 heavy (non-hydrogen) atoms. The number of nitrogens with two attached hydrogens (primary N) is 1. The van der Waals surface area contributed by atoms with Gasteiger partial charge in [-0.1, -0.05) is 12.1 Å². The first kappa shape index (κ1) is 14.9. The maximum absolute atomic E-state index is 11.8. The molecule has 0 aliphatic heterocycles. The van der Waals surface area contributed by atoms with Gasteiger partial charge in [-0.15, -0.1) is 0 Å². The van der Waals surface area contributed by atoms with E-state index in [9.17, 15) is 4.79 Å². The van der Waals surface area contributed by atoms with Gasteiger partial charge in [0.2, 0.25) is 0 Å². The Kier molecular flexibility index (Phi) is 3.91. The lowest BCUT2D eigenvalue weighted by molar-refractivity contribution is 0.697. The third-order valence-corrected chi connectivity index (χ3v) is 3.88. The van der Waals surface area contributed by atoms with Crippen molar-refractivity contribution >= 4 is 29.0 Å². The number of hydrogen-bond donors (Lipinski definition) is 2. The summed E-state index contributed by atoms with van der Waals surface area (Å²) in [5.41, 5.74) is 2.37. The molecule has 1 aromatic carbocycles. The molecule has 116 valence electrons. The van der Waals surface area contributed by atoms with Crippen LogP contribution < -0.4 is 16.4 Å². The SMILES string of the molecule is C=Nc1c(N(N)[C@H](C)c2ccc3ncccc3c2)cc[nH]c1=O. The van der Waals surface area contributed by atoms with Crippen molar-refractivity contribution in [1.29, 1.82) is 0 Å². The number of aromatic nitrogens is 2. The second kappa shape index (κ2) is 6.02. The summed E-state index contributed by atoms with van der Waals surface area (Å²) < 4.78 is 0. The summed E-state index contributed by atoms with van der Waals surface area (Å²) in [6.07, 6.45) is 3.31. The highest BCUT2D eigenvalue weighted by Gasteiger charge is 2.18. The quantitative estimate of drug-likeness (QED) is 0.441. The van der Waals surface area contributed by atoms with Gasteiger partial charge in [-0.05, 0) is 43.5 Å². The Morgan fingerprint density at radius 3 is 2.96 bits per heavy atom. The number of nitrogens with zero attached hydrogens (tertiary/aromatic N) is 3. The molecule has 3 aromatic rings. The van der Waals surface area contributed by atoms with E-state index in [1.807, 2.05) is 37.3 Å². The van der Waals surface area contributed by atoms with Gasteiger partial charge in [0.15, 0.2) is 5.69 Å². The summed E-state index contributed by atoms with van der Waals surface area (Å²) in [6.45, 7) is 5.41. The fraction of sp³-hybridized carbons (Fsp3) is 0.118. The van der Waals surface area contributed by atoms with Gasteiger partial charge in [0.1, 0.15) is 0 Å². The first-order valence-corrected chi connectivity index (χ1v) is 7.19. The second-order valence-corrected chi connectivity index (χ2v) is 5.24. The van der Waals surface area contributed by atoms with Gasteiger partial charge in [0, 0.05) is 17.8 Å². The molecule has 0 spiro atoms. The van der Waals surface area contributed by atoms with E-state index in [2.05, 4.69) is 21.7 Å². The van der Waals surface area contributed by atoms with Crippen molar-refractivity contribution in [3.8, 4) is 0 Å². The maximum Gasteiger partial charge on any atom is 0.275 e. The average molecular weight is 307 g/mol. The molecule has 0 aliphatic carbocycles. The van der Waals surface area contributed by atoms with E-state index in [4.69, 9.17) is 5.84 Å². The lowest BCUT2D eigenvalue weighted by Crippen LogP contribution is -2.34. The van der Waals surface area contributed by atoms with Crippen LogP contribution in [-0.4, -0.2) is 16.7 Å². The summed E-state index contributed by atoms with van der Waals surface area (Å²) in [6, 6.07) is 11.4.